The monoisotopic (exact) mass is 356 g/mol. The predicted molar refractivity (Wildman–Crippen MR) is 85.6 cm³/mol. The molecule has 0 radical (unpaired) electrons. The summed E-state index contributed by atoms with van der Waals surface area (Å²) in [7, 11) is 0. The number of carbonyl (C=O) groups is 1. The van der Waals surface area contributed by atoms with Crippen LogP contribution >= 0.6 is 38.9 Å². The first kappa shape index (κ1) is 14.8. The van der Waals surface area contributed by atoms with Crippen molar-refractivity contribution in [1.29, 1.82) is 0 Å². The van der Waals surface area contributed by atoms with E-state index in [0.717, 1.165) is 9.35 Å². The Labute approximate surface area is 130 Å². The van der Waals surface area contributed by atoms with Crippen molar-refractivity contribution in [2.75, 3.05) is 0 Å². The maximum absolute atomic E-state index is 12.4. The van der Waals surface area contributed by atoms with Gasteiger partial charge in [0.1, 0.15) is 0 Å². The van der Waals surface area contributed by atoms with Gasteiger partial charge in [0.25, 0.3) is 0 Å². The van der Waals surface area contributed by atoms with Crippen LogP contribution in [0.5, 0.6) is 0 Å². The van der Waals surface area contributed by atoms with Crippen LogP contribution in [0.2, 0.25) is 5.02 Å². The summed E-state index contributed by atoms with van der Waals surface area (Å²) in [4.78, 5) is 14.3. The van der Waals surface area contributed by atoms with Crippen LogP contribution in [0, 0.1) is 0 Å². The second-order valence-corrected chi connectivity index (χ2v) is 7.72. The van der Waals surface area contributed by atoms with Gasteiger partial charge in [-0.1, -0.05) is 32.4 Å². The number of benzene rings is 1. The highest BCUT2D eigenvalue weighted by Gasteiger charge is 2.19. The van der Waals surface area contributed by atoms with Gasteiger partial charge in [0.2, 0.25) is 5.78 Å². The summed E-state index contributed by atoms with van der Waals surface area (Å²) in [6.45, 7) is 6.43. The SMILES string of the molecule is CC(C)(C)c1ccc(C(=O)c2ccc(Br)c(Cl)c2)s1. The molecule has 0 spiro atoms. The van der Waals surface area contributed by atoms with Crippen LogP contribution in [0.4, 0.5) is 0 Å². The second kappa shape index (κ2) is 5.39. The highest BCUT2D eigenvalue weighted by Crippen LogP contribution is 2.31. The molecule has 0 aliphatic carbocycles. The molecule has 0 saturated heterocycles. The van der Waals surface area contributed by atoms with Gasteiger partial charge in [-0.05, 0) is 51.7 Å². The van der Waals surface area contributed by atoms with Crippen LogP contribution in [0.1, 0.15) is 40.9 Å². The number of rotatable bonds is 2. The van der Waals surface area contributed by atoms with E-state index in [0.29, 0.717) is 10.6 Å². The third-order valence-electron chi connectivity index (χ3n) is 2.75. The van der Waals surface area contributed by atoms with E-state index in [2.05, 4.69) is 36.7 Å². The zero-order chi connectivity index (χ0) is 14.2. The Bertz CT molecular complexity index is 625. The van der Waals surface area contributed by atoms with Crippen molar-refractivity contribution < 1.29 is 4.79 Å². The lowest BCUT2D eigenvalue weighted by Gasteiger charge is -2.15. The van der Waals surface area contributed by atoms with Crippen LogP contribution in [0.15, 0.2) is 34.8 Å². The molecular weight excluding hydrogens is 344 g/mol. The van der Waals surface area contributed by atoms with E-state index in [1.165, 1.54) is 4.88 Å². The molecule has 100 valence electrons. The summed E-state index contributed by atoms with van der Waals surface area (Å²) < 4.78 is 0.798. The molecule has 1 aromatic heterocycles. The van der Waals surface area contributed by atoms with Gasteiger partial charge in [-0.25, -0.2) is 0 Å². The lowest BCUT2D eigenvalue weighted by atomic mass is 9.95. The van der Waals surface area contributed by atoms with Gasteiger partial charge < -0.3 is 0 Å². The number of halogens is 2. The first-order valence-corrected chi connectivity index (χ1v) is 7.88. The highest BCUT2D eigenvalue weighted by atomic mass is 79.9. The molecule has 0 N–H and O–H groups in total. The van der Waals surface area contributed by atoms with Crippen molar-refractivity contribution in [1.82, 2.24) is 0 Å². The Morgan fingerprint density at radius 3 is 2.42 bits per heavy atom. The molecular formula is C15H14BrClOS. The van der Waals surface area contributed by atoms with E-state index in [1.54, 1.807) is 29.5 Å². The molecule has 2 rings (SSSR count). The van der Waals surface area contributed by atoms with Gasteiger partial charge in [0.15, 0.2) is 0 Å². The molecule has 0 bridgehead atoms. The minimum atomic E-state index is 0.0231. The van der Waals surface area contributed by atoms with Crippen molar-refractivity contribution >= 4 is 44.7 Å². The summed E-state index contributed by atoms with van der Waals surface area (Å²) in [5, 5.41) is 0.554. The predicted octanol–water partition coefficient (Wildman–Crippen LogP) is 5.69. The number of hydrogen-bond donors (Lipinski definition) is 0. The fourth-order valence-corrected chi connectivity index (χ4v) is 3.10. The summed E-state index contributed by atoms with van der Waals surface area (Å²) >= 11 is 10.9. The van der Waals surface area contributed by atoms with E-state index in [4.69, 9.17) is 11.6 Å². The van der Waals surface area contributed by atoms with Gasteiger partial charge >= 0.3 is 0 Å². The molecule has 1 nitrogen and oxygen atoms in total. The largest absolute Gasteiger partial charge is 0.288 e. The Kier molecular flexibility index (Phi) is 4.19. The Balaban J connectivity index is 2.34. The summed E-state index contributed by atoms with van der Waals surface area (Å²) in [6, 6.07) is 9.20. The first-order chi connectivity index (χ1) is 8.79. The zero-order valence-corrected chi connectivity index (χ0v) is 14.1. The van der Waals surface area contributed by atoms with Crippen LogP contribution < -0.4 is 0 Å². The van der Waals surface area contributed by atoms with Gasteiger partial charge in [-0.3, -0.25) is 4.79 Å². The minimum Gasteiger partial charge on any atom is -0.288 e. The number of carbonyl (C=O) groups excluding carboxylic acids is 1. The molecule has 4 heteroatoms. The molecule has 2 aromatic rings. The van der Waals surface area contributed by atoms with Crippen molar-refractivity contribution in [3.63, 3.8) is 0 Å². The molecule has 19 heavy (non-hydrogen) atoms. The number of thiophene rings is 1. The quantitative estimate of drug-likeness (QED) is 0.631. The smallest absolute Gasteiger partial charge is 0.203 e. The average molecular weight is 358 g/mol. The summed E-state index contributed by atoms with van der Waals surface area (Å²) in [6.07, 6.45) is 0. The third kappa shape index (κ3) is 3.28. The fraction of sp³-hybridized carbons (Fsp3) is 0.267. The van der Waals surface area contributed by atoms with Gasteiger partial charge in [0.05, 0.1) is 9.90 Å². The minimum absolute atomic E-state index is 0.0231. The Morgan fingerprint density at radius 2 is 1.89 bits per heavy atom. The van der Waals surface area contributed by atoms with Crippen LogP contribution in [0.25, 0.3) is 0 Å². The molecule has 0 amide bonds. The molecule has 0 aliphatic rings. The van der Waals surface area contributed by atoms with Gasteiger partial charge in [-0.15, -0.1) is 11.3 Å². The average Bonchev–Trinajstić information content (AvgIpc) is 2.81. The highest BCUT2D eigenvalue weighted by molar-refractivity contribution is 9.10. The maximum Gasteiger partial charge on any atom is 0.203 e. The molecule has 0 aliphatic heterocycles. The van der Waals surface area contributed by atoms with Crippen molar-refractivity contribution in [2.45, 2.75) is 26.2 Å². The van der Waals surface area contributed by atoms with Crippen molar-refractivity contribution in [3.05, 3.63) is 55.1 Å². The number of hydrogen-bond acceptors (Lipinski definition) is 2. The Hall–Kier alpha value is -0.640. The van der Waals surface area contributed by atoms with Gasteiger partial charge in [-0.2, -0.15) is 0 Å². The molecule has 0 fully saturated rings. The van der Waals surface area contributed by atoms with Crippen molar-refractivity contribution in [2.24, 2.45) is 0 Å². The zero-order valence-electron chi connectivity index (χ0n) is 11.0. The van der Waals surface area contributed by atoms with Crippen LogP contribution in [0.3, 0.4) is 0 Å². The lowest BCUT2D eigenvalue weighted by Crippen LogP contribution is -2.07. The van der Waals surface area contributed by atoms with Crippen LogP contribution in [-0.2, 0) is 5.41 Å². The first-order valence-electron chi connectivity index (χ1n) is 5.89. The fourth-order valence-electron chi connectivity index (χ4n) is 1.64. The van der Waals surface area contributed by atoms with Crippen LogP contribution in [-0.4, -0.2) is 5.78 Å². The normalized spacial score (nSPS) is 11.6. The molecule has 1 heterocycles. The second-order valence-electron chi connectivity index (χ2n) is 5.37. The third-order valence-corrected chi connectivity index (χ3v) is 5.49. The topological polar surface area (TPSA) is 17.1 Å². The summed E-state index contributed by atoms with van der Waals surface area (Å²) in [5.74, 6) is 0.0231. The molecule has 1 aromatic carbocycles. The van der Waals surface area contributed by atoms with E-state index in [1.807, 2.05) is 12.1 Å². The molecule has 0 atom stereocenters. The lowest BCUT2D eigenvalue weighted by molar-refractivity contribution is 0.104. The van der Waals surface area contributed by atoms with E-state index in [-0.39, 0.29) is 11.2 Å². The Morgan fingerprint density at radius 1 is 1.21 bits per heavy atom. The van der Waals surface area contributed by atoms with Crippen molar-refractivity contribution in [3.8, 4) is 0 Å². The van der Waals surface area contributed by atoms with E-state index < -0.39 is 0 Å². The molecule has 0 saturated carbocycles. The number of ketones is 1. The van der Waals surface area contributed by atoms with Gasteiger partial charge in [0, 0.05) is 14.9 Å². The van der Waals surface area contributed by atoms with E-state index in [9.17, 15) is 4.79 Å². The standard InChI is InChI=1S/C15H14BrClOS/c1-15(2,3)13-7-6-12(19-13)14(18)9-4-5-10(16)11(17)8-9/h4-8H,1-3H3. The van der Waals surface area contributed by atoms with E-state index >= 15 is 0 Å². The summed E-state index contributed by atoms with van der Waals surface area (Å²) in [5.41, 5.74) is 0.691. The molecule has 0 unspecified atom stereocenters. The maximum atomic E-state index is 12.4.